The molecular weight excluding hydrogens is 242 g/mol. The highest BCUT2D eigenvalue weighted by molar-refractivity contribution is 5.97. The molecule has 4 heteroatoms. The van der Waals surface area contributed by atoms with Crippen molar-refractivity contribution in [3.05, 3.63) is 42.5 Å². The third-order valence-electron chi connectivity index (χ3n) is 3.06. The van der Waals surface area contributed by atoms with Gasteiger partial charge in [0.1, 0.15) is 12.4 Å². The van der Waals surface area contributed by atoms with Gasteiger partial charge in [-0.15, -0.1) is 0 Å². The second-order valence-electron chi connectivity index (χ2n) is 4.55. The Kier molecular flexibility index (Phi) is 4.58. The zero-order valence-corrected chi connectivity index (χ0v) is 10.9. The van der Waals surface area contributed by atoms with Crippen LogP contribution >= 0.6 is 0 Å². The van der Waals surface area contributed by atoms with Gasteiger partial charge in [-0.2, -0.15) is 0 Å². The van der Waals surface area contributed by atoms with E-state index in [-0.39, 0.29) is 18.6 Å². The first-order chi connectivity index (χ1) is 9.27. The molecule has 1 aromatic carbocycles. The van der Waals surface area contributed by atoms with E-state index < -0.39 is 0 Å². The van der Waals surface area contributed by atoms with Crippen LogP contribution in [0.15, 0.2) is 36.9 Å². The highest BCUT2D eigenvalue weighted by Crippen LogP contribution is 2.30. The van der Waals surface area contributed by atoms with Crippen LogP contribution in [0, 0.1) is 0 Å². The molecule has 0 saturated heterocycles. The monoisotopic (exact) mass is 261 g/mol. The number of rotatable bonds is 7. The summed E-state index contributed by atoms with van der Waals surface area (Å²) in [6.07, 6.45) is 3.68. The summed E-state index contributed by atoms with van der Waals surface area (Å²) in [5.41, 5.74) is 0.546. The minimum absolute atomic E-state index is 0.0160. The Morgan fingerprint density at radius 3 is 2.84 bits per heavy atom. The number of carbonyl (C=O) groups excluding carboxylic acids is 1. The van der Waals surface area contributed by atoms with Gasteiger partial charge in [-0.25, -0.2) is 0 Å². The molecule has 0 aromatic heterocycles. The maximum atomic E-state index is 12.5. The Morgan fingerprint density at radius 2 is 2.21 bits per heavy atom. The van der Waals surface area contributed by atoms with Crippen molar-refractivity contribution in [1.29, 1.82) is 0 Å². The van der Waals surface area contributed by atoms with E-state index in [9.17, 15) is 4.79 Å². The van der Waals surface area contributed by atoms with Gasteiger partial charge in [0, 0.05) is 12.6 Å². The largest absolute Gasteiger partial charge is 0.489 e. The molecule has 1 saturated carbocycles. The van der Waals surface area contributed by atoms with Crippen molar-refractivity contribution in [3.8, 4) is 5.75 Å². The van der Waals surface area contributed by atoms with Gasteiger partial charge in [0.15, 0.2) is 0 Å². The minimum atomic E-state index is -0.0730. The molecule has 0 unspecified atom stereocenters. The number of aliphatic hydroxyl groups is 1. The van der Waals surface area contributed by atoms with Crippen molar-refractivity contribution in [1.82, 2.24) is 4.90 Å². The number of hydrogen-bond donors (Lipinski definition) is 1. The summed E-state index contributed by atoms with van der Waals surface area (Å²) < 4.78 is 5.51. The average Bonchev–Trinajstić information content (AvgIpc) is 3.26. The van der Waals surface area contributed by atoms with Crippen molar-refractivity contribution in [2.45, 2.75) is 18.9 Å². The lowest BCUT2D eigenvalue weighted by Crippen LogP contribution is -2.35. The van der Waals surface area contributed by atoms with E-state index in [4.69, 9.17) is 9.84 Å². The first kappa shape index (κ1) is 13.6. The van der Waals surface area contributed by atoms with Crippen LogP contribution in [0.1, 0.15) is 23.2 Å². The normalized spacial score (nSPS) is 13.9. The van der Waals surface area contributed by atoms with E-state index in [0.29, 0.717) is 24.5 Å². The first-order valence-electron chi connectivity index (χ1n) is 6.52. The van der Waals surface area contributed by atoms with Crippen LogP contribution in [-0.4, -0.2) is 41.7 Å². The molecule has 0 aliphatic heterocycles. The Balaban J connectivity index is 2.18. The third-order valence-corrected chi connectivity index (χ3v) is 3.06. The van der Waals surface area contributed by atoms with Crippen LogP contribution < -0.4 is 4.74 Å². The van der Waals surface area contributed by atoms with Crippen LogP contribution in [0.5, 0.6) is 5.75 Å². The van der Waals surface area contributed by atoms with Crippen molar-refractivity contribution in [3.63, 3.8) is 0 Å². The maximum Gasteiger partial charge on any atom is 0.257 e. The minimum Gasteiger partial charge on any atom is -0.489 e. The fourth-order valence-corrected chi connectivity index (χ4v) is 2.02. The van der Waals surface area contributed by atoms with Gasteiger partial charge < -0.3 is 14.7 Å². The second kappa shape index (κ2) is 6.38. The van der Waals surface area contributed by atoms with Crippen molar-refractivity contribution in [2.75, 3.05) is 19.8 Å². The quantitative estimate of drug-likeness (QED) is 0.762. The van der Waals surface area contributed by atoms with Crippen LogP contribution in [0.3, 0.4) is 0 Å². The molecular formula is C15H19NO3. The molecule has 2 rings (SSSR count). The zero-order valence-electron chi connectivity index (χ0n) is 10.9. The Morgan fingerprint density at radius 1 is 1.47 bits per heavy atom. The van der Waals surface area contributed by atoms with E-state index in [2.05, 4.69) is 6.58 Å². The Hall–Kier alpha value is -1.81. The Labute approximate surface area is 113 Å². The third kappa shape index (κ3) is 3.35. The molecule has 0 spiro atoms. The maximum absolute atomic E-state index is 12.5. The van der Waals surface area contributed by atoms with Crippen molar-refractivity contribution >= 4 is 5.91 Å². The van der Waals surface area contributed by atoms with E-state index in [1.54, 1.807) is 23.1 Å². The summed E-state index contributed by atoms with van der Waals surface area (Å²) in [4.78, 5) is 14.2. The smallest absolute Gasteiger partial charge is 0.257 e. The van der Waals surface area contributed by atoms with E-state index in [0.717, 1.165) is 12.8 Å². The molecule has 0 radical (unpaired) electrons. The summed E-state index contributed by atoms with van der Waals surface area (Å²) in [5, 5.41) is 9.08. The van der Waals surface area contributed by atoms with Crippen molar-refractivity contribution in [2.24, 2.45) is 0 Å². The van der Waals surface area contributed by atoms with Crippen molar-refractivity contribution < 1.29 is 14.6 Å². The molecule has 1 amide bonds. The number of carbonyl (C=O) groups is 1. The molecule has 4 nitrogen and oxygen atoms in total. The van der Waals surface area contributed by atoms with Crippen LogP contribution in [0.2, 0.25) is 0 Å². The molecule has 1 aromatic rings. The lowest BCUT2D eigenvalue weighted by molar-refractivity contribution is 0.0703. The highest BCUT2D eigenvalue weighted by atomic mass is 16.5. The number of hydrogen-bond acceptors (Lipinski definition) is 3. The van der Waals surface area contributed by atoms with Gasteiger partial charge in [-0.1, -0.05) is 24.8 Å². The number of benzene rings is 1. The lowest BCUT2D eigenvalue weighted by Gasteiger charge is -2.22. The molecule has 0 bridgehead atoms. The fraction of sp³-hybridized carbons (Fsp3) is 0.400. The lowest BCUT2D eigenvalue weighted by atomic mass is 10.1. The predicted molar refractivity (Wildman–Crippen MR) is 73.3 cm³/mol. The molecule has 1 aliphatic carbocycles. The molecule has 0 heterocycles. The molecule has 1 fully saturated rings. The van der Waals surface area contributed by atoms with Gasteiger partial charge in [-0.3, -0.25) is 4.79 Å². The van der Waals surface area contributed by atoms with Gasteiger partial charge in [-0.05, 0) is 25.0 Å². The van der Waals surface area contributed by atoms with Gasteiger partial charge in [0.2, 0.25) is 0 Å². The van der Waals surface area contributed by atoms with Crippen LogP contribution in [0.4, 0.5) is 0 Å². The van der Waals surface area contributed by atoms with Gasteiger partial charge in [0.25, 0.3) is 5.91 Å². The number of amides is 1. The molecule has 19 heavy (non-hydrogen) atoms. The molecule has 1 aliphatic rings. The summed E-state index contributed by atoms with van der Waals surface area (Å²) in [5.74, 6) is 0.493. The van der Waals surface area contributed by atoms with Gasteiger partial charge >= 0.3 is 0 Å². The Bertz CT molecular complexity index is 454. The number of para-hydroxylation sites is 1. The summed E-state index contributed by atoms with van der Waals surface area (Å²) in [6, 6.07) is 7.46. The summed E-state index contributed by atoms with van der Waals surface area (Å²) >= 11 is 0. The van der Waals surface area contributed by atoms with Gasteiger partial charge in [0.05, 0.1) is 12.2 Å². The standard InChI is InChI=1S/C15H19NO3/c1-2-11-19-14-6-4-3-5-13(14)15(18)16(9-10-17)12-7-8-12/h2-6,12,17H,1,7-11H2. The van der Waals surface area contributed by atoms with Crippen LogP contribution in [0.25, 0.3) is 0 Å². The number of nitrogens with zero attached hydrogens (tertiary/aromatic N) is 1. The first-order valence-corrected chi connectivity index (χ1v) is 6.52. The topological polar surface area (TPSA) is 49.8 Å². The highest BCUT2D eigenvalue weighted by Gasteiger charge is 2.33. The van der Waals surface area contributed by atoms with Crippen LogP contribution in [-0.2, 0) is 0 Å². The summed E-state index contributed by atoms with van der Waals surface area (Å²) in [7, 11) is 0. The summed E-state index contributed by atoms with van der Waals surface area (Å²) in [6.45, 7) is 4.33. The molecule has 0 atom stereocenters. The molecule has 102 valence electrons. The number of aliphatic hydroxyl groups excluding tert-OH is 1. The second-order valence-corrected chi connectivity index (χ2v) is 4.55. The number of ether oxygens (including phenoxy) is 1. The molecule has 1 N–H and O–H groups in total. The van der Waals surface area contributed by atoms with E-state index in [1.807, 2.05) is 12.1 Å². The average molecular weight is 261 g/mol. The SMILES string of the molecule is C=CCOc1ccccc1C(=O)N(CCO)C1CC1. The fourth-order valence-electron chi connectivity index (χ4n) is 2.02. The van der Waals surface area contributed by atoms with E-state index >= 15 is 0 Å². The van der Waals surface area contributed by atoms with E-state index in [1.165, 1.54) is 0 Å². The predicted octanol–water partition coefficient (Wildman–Crippen LogP) is 1.85. The zero-order chi connectivity index (χ0) is 13.7.